The summed E-state index contributed by atoms with van der Waals surface area (Å²) in [5.41, 5.74) is 0.726. The van der Waals surface area contributed by atoms with Crippen LogP contribution in [0.3, 0.4) is 0 Å². The molecule has 0 atom stereocenters. The predicted octanol–water partition coefficient (Wildman–Crippen LogP) is 1.49. The molecule has 1 aromatic rings. The zero-order chi connectivity index (χ0) is 8.27. The first-order valence-electron chi connectivity index (χ1n) is 3.37. The fourth-order valence-electron chi connectivity index (χ4n) is 0.801. The Hall–Kier alpha value is -1.56. The van der Waals surface area contributed by atoms with E-state index in [0.717, 1.165) is 12.1 Å². The van der Waals surface area contributed by atoms with Gasteiger partial charge in [-0.15, -0.1) is 0 Å². The molecule has 11 heavy (non-hydrogen) atoms. The van der Waals surface area contributed by atoms with Crippen LogP contribution in [0, 0.1) is 6.57 Å². The van der Waals surface area contributed by atoms with Crippen LogP contribution in [0.5, 0.6) is 0 Å². The molecule has 0 fully saturated rings. The molecule has 3 nitrogen and oxygen atoms in total. The molecule has 56 valence electrons. The highest BCUT2D eigenvalue weighted by Crippen LogP contribution is 2.03. The van der Waals surface area contributed by atoms with Gasteiger partial charge >= 0.3 is 0 Å². The highest BCUT2D eigenvalue weighted by atomic mass is 16.1. The smallest absolute Gasteiger partial charge is 0.254 e. The molecule has 0 aliphatic rings. The van der Waals surface area contributed by atoms with Gasteiger partial charge in [0.05, 0.1) is 6.57 Å². The summed E-state index contributed by atoms with van der Waals surface area (Å²) in [6, 6.07) is 3.30. The van der Waals surface area contributed by atoms with Crippen molar-refractivity contribution < 1.29 is 0 Å². The topological polar surface area (TPSA) is 37.2 Å². The Kier molecular flexibility index (Phi) is 2.07. The van der Waals surface area contributed by atoms with E-state index < -0.39 is 0 Å². The van der Waals surface area contributed by atoms with E-state index in [4.69, 9.17) is 6.57 Å². The third kappa shape index (κ3) is 1.47. The second-order valence-electron chi connectivity index (χ2n) is 2.16. The van der Waals surface area contributed by atoms with Gasteiger partial charge < -0.3 is 4.98 Å². The molecule has 0 unspecified atom stereocenters. The van der Waals surface area contributed by atoms with Crippen LogP contribution in [0.25, 0.3) is 4.85 Å². The molecule has 0 spiro atoms. The van der Waals surface area contributed by atoms with Crippen molar-refractivity contribution in [2.24, 2.45) is 0 Å². The Labute approximate surface area is 64.5 Å². The van der Waals surface area contributed by atoms with Gasteiger partial charge in [0.2, 0.25) is 5.69 Å². The second kappa shape index (κ2) is 3.02. The normalized spacial score (nSPS) is 9.09. The van der Waals surface area contributed by atoms with E-state index in [1.807, 2.05) is 6.92 Å². The Morgan fingerprint density at radius 1 is 1.64 bits per heavy atom. The van der Waals surface area contributed by atoms with Gasteiger partial charge in [0, 0.05) is 5.69 Å². The highest BCUT2D eigenvalue weighted by molar-refractivity contribution is 5.41. The van der Waals surface area contributed by atoms with E-state index in [0.29, 0.717) is 0 Å². The van der Waals surface area contributed by atoms with E-state index in [-0.39, 0.29) is 11.2 Å². The van der Waals surface area contributed by atoms with Gasteiger partial charge in [-0.05, 0) is 12.5 Å². The fourth-order valence-corrected chi connectivity index (χ4v) is 0.801. The van der Waals surface area contributed by atoms with E-state index in [1.165, 1.54) is 0 Å². The van der Waals surface area contributed by atoms with E-state index in [2.05, 4.69) is 9.83 Å². The monoisotopic (exact) mass is 148 g/mol. The van der Waals surface area contributed by atoms with Gasteiger partial charge in [-0.2, -0.15) is 0 Å². The first kappa shape index (κ1) is 7.55. The summed E-state index contributed by atoms with van der Waals surface area (Å²) in [5, 5.41) is 0. The standard InChI is InChI=1S/C8H8N2O/c1-3-6-4-5-7(9-2)8(11)10-6/h4-5H,3H2,1H3,(H,10,11). The molecule has 0 aliphatic heterocycles. The van der Waals surface area contributed by atoms with Gasteiger partial charge in [0.15, 0.2) is 0 Å². The first-order valence-corrected chi connectivity index (χ1v) is 3.37. The predicted molar refractivity (Wildman–Crippen MR) is 42.7 cm³/mol. The van der Waals surface area contributed by atoms with Crippen molar-refractivity contribution in [3.05, 3.63) is 39.6 Å². The second-order valence-corrected chi connectivity index (χ2v) is 2.16. The summed E-state index contributed by atoms with van der Waals surface area (Å²) in [4.78, 5) is 16.6. The number of aromatic nitrogens is 1. The lowest BCUT2D eigenvalue weighted by Crippen LogP contribution is -2.06. The van der Waals surface area contributed by atoms with Crippen molar-refractivity contribution in [1.82, 2.24) is 4.98 Å². The van der Waals surface area contributed by atoms with Crippen molar-refractivity contribution in [1.29, 1.82) is 0 Å². The van der Waals surface area contributed by atoms with Crippen molar-refractivity contribution in [2.75, 3.05) is 0 Å². The quantitative estimate of drug-likeness (QED) is 0.602. The number of H-pyrrole nitrogens is 1. The van der Waals surface area contributed by atoms with E-state index in [1.54, 1.807) is 12.1 Å². The zero-order valence-corrected chi connectivity index (χ0v) is 6.22. The summed E-state index contributed by atoms with van der Waals surface area (Å²) < 4.78 is 0. The molecular weight excluding hydrogens is 140 g/mol. The molecule has 0 saturated heterocycles. The number of pyridine rings is 1. The van der Waals surface area contributed by atoms with Gasteiger partial charge in [0.1, 0.15) is 0 Å². The Morgan fingerprint density at radius 2 is 2.36 bits per heavy atom. The maximum atomic E-state index is 11.0. The van der Waals surface area contributed by atoms with Crippen LogP contribution < -0.4 is 5.56 Å². The third-order valence-corrected chi connectivity index (χ3v) is 1.45. The minimum atomic E-state index is -0.292. The van der Waals surface area contributed by atoms with Gasteiger partial charge in [-0.25, -0.2) is 4.85 Å². The minimum absolute atomic E-state index is 0.155. The number of nitrogens with one attached hydrogen (secondary N) is 1. The highest BCUT2D eigenvalue weighted by Gasteiger charge is 1.96. The molecule has 0 radical (unpaired) electrons. The SMILES string of the molecule is [C-]#[N+]c1ccc(CC)[nH]c1=O. The summed E-state index contributed by atoms with van der Waals surface area (Å²) in [6.07, 6.45) is 0.785. The third-order valence-electron chi connectivity index (χ3n) is 1.45. The molecule has 0 bridgehead atoms. The van der Waals surface area contributed by atoms with Crippen LogP contribution in [0.15, 0.2) is 16.9 Å². The van der Waals surface area contributed by atoms with Gasteiger partial charge in [0.25, 0.3) is 5.56 Å². The summed E-state index contributed by atoms with van der Waals surface area (Å²) in [6.45, 7) is 8.56. The lowest BCUT2D eigenvalue weighted by molar-refractivity contribution is 1.02. The van der Waals surface area contributed by atoms with Gasteiger partial charge in [-0.3, -0.25) is 4.79 Å². The molecule has 1 N–H and O–H groups in total. The van der Waals surface area contributed by atoms with Crippen LogP contribution in [0.4, 0.5) is 5.69 Å². The van der Waals surface area contributed by atoms with Crippen molar-refractivity contribution >= 4 is 5.69 Å². The average molecular weight is 148 g/mol. The Balaban J connectivity index is 3.23. The van der Waals surface area contributed by atoms with E-state index in [9.17, 15) is 4.79 Å². The van der Waals surface area contributed by atoms with Crippen LogP contribution in [0.2, 0.25) is 0 Å². The molecule has 0 aromatic carbocycles. The van der Waals surface area contributed by atoms with Crippen LogP contribution >= 0.6 is 0 Å². The van der Waals surface area contributed by atoms with E-state index >= 15 is 0 Å². The summed E-state index contributed by atoms with van der Waals surface area (Å²) >= 11 is 0. The number of hydrogen-bond acceptors (Lipinski definition) is 1. The van der Waals surface area contributed by atoms with Crippen molar-refractivity contribution in [3.63, 3.8) is 0 Å². The molecule has 1 aromatic heterocycles. The lowest BCUT2D eigenvalue weighted by Gasteiger charge is -1.94. The minimum Gasteiger partial charge on any atom is -0.335 e. The fraction of sp³-hybridized carbons (Fsp3) is 0.250. The first-order chi connectivity index (χ1) is 5.27. The number of hydrogen-bond donors (Lipinski definition) is 1. The Bertz CT molecular complexity index is 346. The number of aryl methyl sites for hydroxylation is 1. The molecule has 1 heterocycles. The molecular formula is C8H8N2O. The maximum absolute atomic E-state index is 11.0. The van der Waals surface area contributed by atoms with Crippen molar-refractivity contribution in [2.45, 2.75) is 13.3 Å². The number of rotatable bonds is 1. The molecule has 0 amide bonds. The molecule has 0 saturated carbocycles. The van der Waals surface area contributed by atoms with Crippen LogP contribution in [-0.4, -0.2) is 4.98 Å². The number of nitrogens with zero attached hydrogens (tertiary/aromatic N) is 1. The van der Waals surface area contributed by atoms with Crippen LogP contribution in [0.1, 0.15) is 12.6 Å². The maximum Gasteiger partial charge on any atom is 0.254 e. The van der Waals surface area contributed by atoms with Crippen molar-refractivity contribution in [3.8, 4) is 0 Å². The Morgan fingerprint density at radius 3 is 2.82 bits per heavy atom. The summed E-state index contributed by atoms with van der Waals surface area (Å²) in [5.74, 6) is 0. The molecule has 3 heteroatoms. The van der Waals surface area contributed by atoms with Gasteiger partial charge in [-0.1, -0.05) is 13.0 Å². The number of aromatic amines is 1. The molecule has 1 rings (SSSR count). The van der Waals surface area contributed by atoms with Crippen LogP contribution in [-0.2, 0) is 6.42 Å². The summed E-state index contributed by atoms with van der Waals surface area (Å²) in [7, 11) is 0. The average Bonchev–Trinajstić information content (AvgIpc) is 2.04. The lowest BCUT2D eigenvalue weighted by atomic mass is 10.3. The largest absolute Gasteiger partial charge is 0.335 e. The molecule has 0 aliphatic carbocycles. The zero-order valence-electron chi connectivity index (χ0n) is 6.22.